The Morgan fingerprint density at radius 1 is 0.289 bits per heavy atom. The summed E-state index contributed by atoms with van der Waals surface area (Å²) in [4.78, 5) is 19.7. The van der Waals surface area contributed by atoms with Gasteiger partial charge in [-0.2, -0.15) is 0 Å². The third-order valence-electron chi connectivity index (χ3n) is 8.62. The van der Waals surface area contributed by atoms with Gasteiger partial charge >= 0.3 is 0 Å². The van der Waals surface area contributed by atoms with Crippen molar-refractivity contribution in [1.29, 1.82) is 0 Å². The molecule has 8 rings (SSSR count). The van der Waals surface area contributed by atoms with E-state index in [0.717, 1.165) is 75.1 Å². The minimum atomic E-state index is 0.889. The van der Waals surface area contributed by atoms with Crippen molar-refractivity contribution in [3.63, 3.8) is 0 Å². The van der Waals surface area contributed by atoms with E-state index in [4.69, 9.17) is 0 Å². The second kappa shape index (κ2) is 165. The van der Waals surface area contributed by atoms with Crippen LogP contribution in [0.4, 0.5) is 0 Å². The van der Waals surface area contributed by atoms with Gasteiger partial charge in [-0.05, 0) is 114 Å². The van der Waals surface area contributed by atoms with Crippen molar-refractivity contribution in [2.24, 2.45) is 25.0 Å². The van der Waals surface area contributed by atoms with Gasteiger partial charge in [0.05, 0.1) is 6.54 Å². The van der Waals surface area contributed by atoms with E-state index in [1.54, 1.807) is 6.21 Å². The maximum absolute atomic E-state index is 4.03. The van der Waals surface area contributed by atoms with Gasteiger partial charge in [0.25, 0.3) is 0 Å². The highest BCUT2D eigenvalue weighted by molar-refractivity contribution is 5.79. The maximum Gasteiger partial charge on any atom is 0.0573 e. The first-order chi connectivity index (χ1) is 40.9. The van der Waals surface area contributed by atoms with Crippen LogP contribution in [0.15, 0.2) is 122 Å². The van der Waals surface area contributed by atoms with E-state index in [2.05, 4.69) is 76.6 Å². The van der Waals surface area contributed by atoms with E-state index >= 15 is 0 Å². The third kappa shape index (κ3) is 160. The Balaban J connectivity index is -0.0000000413. The summed E-state index contributed by atoms with van der Waals surface area (Å²) in [5, 5.41) is 0. The molecule has 0 radical (unpaired) electrons. The topological polar surface area (TPSA) is 61.8 Å². The Bertz CT molecular complexity index is 1110. The molecule has 0 bridgehead atoms. The number of allylic oxidation sites excluding steroid dienone is 8. The minimum absolute atomic E-state index is 0.889. The van der Waals surface area contributed by atoms with Crippen LogP contribution >= 0.6 is 0 Å². The Morgan fingerprint density at radius 2 is 0.639 bits per heavy atom. The Kier molecular flexibility index (Phi) is 241. The first-order valence-corrected chi connectivity index (χ1v) is 35.8. The van der Waals surface area contributed by atoms with Gasteiger partial charge in [0.2, 0.25) is 0 Å². The molecule has 3 aliphatic carbocycles. The molecule has 0 N–H and O–H groups in total. The summed E-state index contributed by atoms with van der Waals surface area (Å²) in [6.45, 7) is 89.4. The van der Waals surface area contributed by atoms with Crippen molar-refractivity contribution in [1.82, 2.24) is 0 Å². The quantitative estimate of drug-likeness (QED) is 0.217. The van der Waals surface area contributed by atoms with Gasteiger partial charge in [-0.25, -0.2) is 0 Å². The second-order valence-electron chi connectivity index (χ2n) is 13.8. The summed E-state index contributed by atoms with van der Waals surface area (Å²) < 4.78 is 0. The lowest BCUT2D eigenvalue weighted by Crippen LogP contribution is -1.93. The molecule has 83 heavy (non-hydrogen) atoms. The molecule has 8 aliphatic rings. The zero-order valence-electron chi connectivity index (χ0n) is 64.4. The fourth-order valence-electron chi connectivity index (χ4n) is 5.46. The highest BCUT2D eigenvalue weighted by Crippen LogP contribution is 2.20. The fourth-order valence-corrected chi connectivity index (χ4v) is 5.46. The van der Waals surface area contributed by atoms with E-state index in [1.807, 2.05) is 259 Å². The van der Waals surface area contributed by atoms with Crippen LogP contribution in [0.25, 0.3) is 0 Å². The summed E-state index contributed by atoms with van der Waals surface area (Å²) in [7, 11) is 0. The molecule has 0 spiro atoms. The van der Waals surface area contributed by atoms with Crippen LogP contribution in [0.5, 0.6) is 0 Å². The van der Waals surface area contributed by atoms with Gasteiger partial charge in [-0.15, -0.1) is 0 Å². The van der Waals surface area contributed by atoms with Gasteiger partial charge in [-0.3, -0.25) is 25.0 Å². The SMILES string of the molecule is C1=CCN=C1.C1CCCCC1.C=C1C=CCCC1.C=C1C=NCC1.C=C1C=NCCC1.C=C1CCC=N1.C=C1CCCC=N1.C=C1CCCCC1.CC.CC.CC.CC.CC.CC.CC.CC.CC.CC.CC.CC.CC.CC.CC.CC. The average Bonchev–Trinajstić information content (AvgIpc) is 4.47. The van der Waals surface area contributed by atoms with E-state index in [0.29, 0.717) is 0 Å². The van der Waals surface area contributed by atoms with Crippen LogP contribution in [-0.4, -0.2) is 50.7 Å². The summed E-state index contributed by atoms with van der Waals surface area (Å²) in [6, 6.07) is 0. The molecule has 0 saturated heterocycles. The van der Waals surface area contributed by atoms with Crippen molar-refractivity contribution >= 4 is 31.1 Å². The number of rotatable bonds is 0. The van der Waals surface area contributed by atoms with Crippen molar-refractivity contribution < 1.29 is 0 Å². The van der Waals surface area contributed by atoms with Crippen molar-refractivity contribution in [2.75, 3.05) is 19.6 Å². The molecular weight excluding hydrogens is 1010 g/mol. The number of hydrogen-bond donors (Lipinski definition) is 0. The minimum Gasteiger partial charge on any atom is -0.293 e. The molecule has 5 nitrogen and oxygen atoms in total. The summed E-state index contributed by atoms with van der Waals surface area (Å²) in [6.07, 6.45) is 46.2. The van der Waals surface area contributed by atoms with Gasteiger partial charge in [0.1, 0.15) is 0 Å². The van der Waals surface area contributed by atoms with Gasteiger partial charge < -0.3 is 0 Å². The molecule has 0 aromatic carbocycles. The van der Waals surface area contributed by atoms with E-state index in [-0.39, 0.29) is 0 Å². The molecule has 0 unspecified atom stereocenters. The van der Waals surface area contributed by atoms with Crippen LogP contribution in [0.1, 0.15) is 363 Å². The van der Waals surface area contributed by atoms with E-state index in [9.17, 15) is 0 Å². The summed E-state index contributed by atoms with van der Waals surface area (Å²) in [5.74, 6) is 0. The maximum atomic E-state index is 4.03. The van der Waals surface area contributed by atoms with Crippen LogP contribution in [0, 0.1) is 0 Å². The largest absolute Gasteiger partial charge is 0.293 e. The Labute approximate surface area is 533 Å². The summed E-state index contributed by atoms with van der Waals surface area (Å²) >= 11 is 0. The van der Waals surface area contributed by atoms with E-state index in [1.165, 1.54) is 119 Å². The zero-order chi connectivity index (χ0) is 69.0. The molecule has 5 heterocycles. The highest BCUT2D eigenvalue weighted by Gasteiger charge is 2.01. The zero-order valence-corrected chi connectivity index (χ0v) is 64.4. The first-order valence-electron chi connectivity index (χ1n) is 35.8. The van der Waals surface area contributed by atoms with Crippen molar-refractivity contribution in [2.45, 2.75) is 363 Å². The molecule has 504 valence electrons. The average molecular weight is 1180 g/mol. The van der Waals surface area contributed by atoms with Crippen LogP contribution in [0.2, 0.25) is 0 Å². The lowest BCUT2D eigenvalue weighted by Gasteiger charge is -2.10. The number of nitrogens with zero attached hydrogens (tertiary/aromatic N) is 5. The molecule has 0 amide bonds. The first kappa shape index (κ1) is 121. The molecule has 5 aliphatic heterocycles. The molecular formula is C78H167N5. The monoisotopic (exact) mass is 1170 g/mol. The predicted octanol–water partition coefficient (Wildman–Crippen LogP) is 29.7. The molecule has 2 saturated carbocycles. The normalized spacial score (nSPS) is 13.8. The smallest absolute Gasteiger partial charge is 0.0573 e. The van der Waals surface area contributed by atoms with Crippen LogP contribution in [0.3, 0.4) is 0 Å². The number of aliphatic imine (C=N–C) groups is 5. The van der Waals surface area contributed by atoms with Crippen molar-refractivity contribution in [3.8, 4) is 0 Å². The lowest BCUT2D eigenvalue weighted by atomic mass is 9.97. The molecule has 5 heteroatoms. The predicted molar refractivity (Wildman–Crippen MR) is 413 cm³/mol. The molecule has 0 aromatic heterocycles. The summed E-state index contributed by atoms with van der Waals surface area (Å²) in [5.41, 5.74) is 7.14. The van der Waals surface area contributed by atoms with Gasteiger partial charge in [0, 0.05) is 55.6 Å². The fraction of sp³-hybridized carbons (Fsp3) is 0.731. The standard InChI is InChI=1S/C7H12.C7H10.2C6H9N.C6H12.2C5H7N.C4H5N.16C2H6/c2*1-7-5-3-2-4-6-7;1-6-3-2-4-7-5-6;1-6-4-2-3-5-7-6;1-2-4-6-5-3-1;1-5-2-3-6-4-5;1-5-3-2-4-6-5;1-2-4-5-3-1;16*1-2/h1-6H2;3,5H,1-2,4,6H2;2*5H,1-4H2;1-6H2;2*4H,1-3H2;1-3H,4H2;16*1-2H3. The molecule has 0 aromatic rings. The van der Waals surface area contributed by atoms with E-state index < -0.39 is 0 Å². The molecule has 0 atom stereocenters. The van der Waals surface area contributed by atoms with Crippen LogP contribution in [-0.2, 0) is 0 Å². The lowest BCUT2D eigenvalue weighted by molar-refractivity contribution is 0.504. The van der Waals surface area contributed by atoms with Crippen LogP contribution < -0.4 is 0 Å². The van der Waals surface area contributed by atoms with Crippen molar-refractivity contribution in [3.05, 3.63) is 97.5 Å². The Hall–Kier alpha value is -3.73. The Morgan fingerprint density at radius 3 is 0.783 bits per heavy atom. The second-order valence-corrected chi connectivity index (χ2v) is 13.8. The van der Waals surface area contributed by atoms with Gasteiger partial charge in [-0.1, -0.05) is 335 Å². The molecule has 2 fully saturated rings. The highest BCUT2D eigenvalue weighted by atomic mass is 14.7. The van der Waals surface area contributed by atoms with Gasteiger partial charge in [0.15, 0.2) is 0 Å². The third-order valence-corrected chi connectivity index (χ3v) is 8.62. The number of hydrogen-bond acceptors (Lipinski definition) is 5.